The van der Waals surface area contributed by atoms with Crippen molar-refractivity contribution in [3.05, 3.63) is 0 Å². The summed E-state index contributed by atoms with van der Waals surface area (Å²) in [5, 5.41) is 57.0. The Morgan fingerprint density at radius 3 is 1.96 bits per heavy atom. The summed E-state index contributed by atoms with van der Waals surface area (Å²) in [6.45, 7) is -1.53. The Bertz CT molecular complexity index is 386. The van der Waals surface area contributed by atoms with Crippen LogP contribution in [0, 0.1) is 0 Å². The first-order chi connectivity index (χ1) is 10.8. The quantitative estimate of drug-likeness (QED) is 0.306. The summed E-state index contributed by atoms with van der Waals surface area (Å²) in [6, 6.07) is 0. The molecular weight excluding hydrogens is 326 g/mol. The molecule has 2 saturated heterocycles. The molecule has 2 heterocycles. The summed E-state index contributed by atoms with van der Waals surface area (Å²) in [4.78, 5) is 0. The molecule has 136 valence electrons. The lowest BCUT2D eigenvalue weighted by molar-refractivity contribution is -0.345. The molecule has 0 spiro atoms. The number of halogens is 2. The van der Waals surface area contributed by atoms with Gasteiger partial charge in [-0.1, -0.05) is 0 Å². The summed E-state index contributed by atoms with van der Waals surface area (Å²) in [6.07, 6.45) is -18.1. The van der Waals surface area contributed by atoms with Gasteiger partial charge in [0.2, 0.25) is 6.36 Å². The summed E-state index contributed by atoms with van der Waals surface area (Å²) in [7, 11) is 0. The fourth-order valence-electron chi connectivity index (χ4n) is 2.53. The molecule has 6 N–H and O–H groups in total. The first kappa shape index (κ1) is 18.8. The lowest BCUT2D eigenvalue weighted by atomic mass is 9.97. The molecule has 0 saturated carbocycles. The summed E-state index contributed by atoms with van der Waals surface area (Å²) >= 11 is 0. The lowest BCUT2D eigenvalue weighted by Gasteiger charge is -2.44. The predicted octanol–water partition coefficient (Wildman–Crippen LogP) is -3.44. The lowest BCUT2D eigenvalue weighted by Crippen LogP contribution is -2.63. The highest BCUT2D eigenvalue weighted by atomic mass is 19.2. The van der Waals surface area contributed by atoms with Crippen molar-refractivity contribution >= 4 is 0 Å². The van der Waals surface area contributed by atoms with E-state index in [1.165, 1.54) is 0 Å². The highest BCUT2D eigenvalue weighted by Crippen LogP contribution is 2.30. The highest BCUT2D eigenvalue weighted by Gasteiger charge is 2.51. The van der Waals surface area contributed by atoms with Crippen LogP contribution in [-0.4, -0.2) is 105 Å². The van der Waals surface area contributed by atoms with Crippen LogP contribution in [0.3, 0.4) is 0 Å². The van der Waals surface area contributed by atoms with Crippen molar-refractivity contribution in [2.24, 2.45) is 0 Å². The van der Waals surface area contributed by atoms with Crippen LogP contribution in [0.1, 0.15) is 0 Å². The minimum absolute atomic E-state index is 0.712. The van der Waals surface area contributed by atoms with Crippen molar-refractivity contribution in [2.75, 3.05) is 13.2 Å². The number of ether oxygens (including phenoxy) is 3. The Morgan fingerprint density at radius 2 is 1.39 bits per heavy atom. The molecule has 2 aliphatic heterocycles. The van der Waals surface area contributed by atoms with Gasteiger partial charge in [-0.2, -0.15) is 0 Å². The second-order valence-corrected chi connectivity index (χ2v) is 5.44. The van der Waals surface area contributed by atoms with Crippen LogP contribution in [0.5, 0.6) is 0 Å². The van der Waals surface area contributed by atoms with Crippen LogP contribution in [-0.2, 0) is 14.2 Å². The summed E-state index contributed by atoms with van der Waals surface area (Å²) in [5.41, 5.74) is 0. The van der Waals surface area contributed by atoms with Crippen molar-refractivity contribution in [3.8, 4) is 0 Å². The molecule has 23 heavy (non-hydrogen) atoms. The number of rotatable bonds is 4. The van der Waals surface area contributed by atoms with E-state index in [2.05, 4.69) is 4.74 Å². The molecule has 2 aliphatic rings. The van der Waals surface area contributed by atoms with Crippen LogP contribution < -0.4 is 0 Å². The zero-order valence-electron chi connectivity index (χ0n) is 11.9. The average molecular weight is 346 g/mol. The molecule has 2 rings (SSSR count). The first-order valence-electron chi connectivity index (χ1n) is 7.00. The van der Waals surface area contributed by atoms with Gasteiger partial charge in [0.15, 0.2) is 12.5 Å². The fourth-order valence-corrected chi connectivity index (χ4v) is 2.53. The number of hydrogen-bond acceptors (Lipinski definition) is 9. The van der Waals surface area contributed by atoms with Gasteiger partial charge in [-0.15, -0.1) is 0 Å². The third-order valence-electron chi connectivity index (χ3n) is 3.90. The molecule has 0 aromatic rings. The van der Waals surface area contributed by atoms with Crippen molar-refractivity contribution in [1.82, 2.24) is 0 Å². The van der Waals surface area contributed by atoms with Gasteiger partial charge < -0.3 is 44.8 Å². The molecule has 9 nitrogen and oxygen atoms in total. The fraction of sp³-hybridized carbons (Fsp3) is 1.00. The third kappa shape index (κ3) is 3.62. The molecule has 0 aliphatic carbocycles. The molecule has 0 aromatic carbocycles. The Hall–Kier alpha value is -0.500. The summed E-state index contributed by atoms with van der Waals surface area (Å²) in [5.74, 6) is 0. The van der Waals surface area contributed by atoms with E-state index in [1.54, 1.807) is 0 Å². The molecule has 0 bridgehead atoms. The van der Waals surface area contributed by atoms with Crippen molar-refractivity contribution < 1.29 is 53.6 Å². The smallest absolute Gasteiger partial charge is 0.233 e. The average Bonchev–Trinajstić information content (AvgIpc) is 2.55. The van der Waals surface area contributed by atoms with Gasteiger partial charge in [0.1, 0.15) is 42.7 Å². The molecule has 10 atom stereocenters. The molecular formula is C12H20F2O9. The van der Waals surface area contributed by atoms with E-state index < -0.39 is 74.8 Å². The molecule has 0 radical (unpaired) electrons. The predicted molar refractivity (Wildman–Crippen MR) is 66.4 cm³/mol. The van der Waals surface area contributed by atoms with Crippen molar-refractivity contribution in [2.45, 2.75) is 61.5 Å². The van der Waals surface area contributed by atoms with Crippen LogP contribution in [0.4, 0.5) is 8.78 Å². The van der Waals surface area contributed by atoms with Crippen LogP contribution in [0.15, 0.2) is 0 Å². The number of alkyl halides is 2. The Balaban J connectivity index is 2.11. The SMILES string of the molecule is OCC1OC(OC2C(CO)OC(F)C(F)C2O)C(O)C(O)C1O. The molecule has 10 unspecified atom stereocenters. The van der Waals surface area contributed by atoms with Crippen LogP contribution in [0.25, 0.3) is 0 Å². The van der Waals surface area contributed by atoms with Gasteiger partial charge in [0.05, 0.1) is 13.2 Å². The molecule has 2 fully saturated rings. The zero-order chi connectivity index (χ0) is 17.3. The van der Waals surface area contributed by atoms with E-state index in [9.17, 15) is 29.2 Å². The van der Waals surface area contributed by atoms with Gasteiger partial charge in [0.25, 0.3) is 0 Å². The Morgan fingerprint density at radius 1 is 0.783 bits per heavy atom. The van der Waals surface area contributed by atoms with Gasteiger partial charge in [0, 0.05) is 0 Å². The maximum atomic E-state index is 13.5. The van der Waals surface area contributed by atoms with E-state index in [0.29, 0.717) is 0 Å². The van der Waals surface area contributed by atoms with Crippen molar-refractivity contribution in [3.63, 3.8) is 0 Å². The van der Waals surface area contributed by atoms with E-state index in [4.69, 9.17) is 19.7 Å². The van der Waals surface area contributed by atoms with Gasteiger partial charge in [-0.05, 0) is 0 Å². The van der Waals surface area contributed by atoms with E-state index >= 15 is 0 Å². The second-order valence-electron chi connectivity index (χ2n) is 5.44. The van der Waals surface area contributed by atoms with E-state index in [1.807, 2.05) is 0 Å². The number of aliphatic hydroxyl groups is 6. The minimum Gasteiger partial charge on any atom is -0.394 e. The number of hydrogen-bond donors (Lipinski definition) is 6. The Kier molecular flexibility index (Phi) is 6.22. The molecule has 0 amide bonds. The molecule has 0 aromatic heterocycles. The highest BCUT2D eigenvalue weighted by molar-refractivity contribution is 4.93. The van der Waals surface area contributed by atoms with Crippen molar-refractivity contribution in [1.29, 1.82) is 0 Å². The maximum absolute atomic E-state index is 13.5. The first-order valence-corrected chi connectivity index (χ1v) is 7.00. The van der Waals surface area contributed by atoms with Gasteiger partial charge in [-0.3, -0.25) is 0 Å². The van der Waals surface area contributed by atoms with E-state index in [0.717, 1.165) is 0 Å². The van der Waals surface area contributed by atoms with Gasteiger partial charge >= 0.3 is 0 Å². The third-order valence-corrected chi connectivity index (χ3v) is 3.90. The monoisotopic (exact) mass is 346 g/mol. The Labute approximate surface area is 129 Å². The normalized spacial score (nSPS) is 51.7. The minimum atomic E-state index is -2.46. The largest absolute Gasteiger partial charge is 0.394 e. The second kappa shape index (κ2) is 7.59. The summed E-state index contributed by atoms with van der Waals surface area (Å²) < 4.78 is 41.4. The topological polar surface area (TPSA) is 149 Å². The van der Waals surface area contributed by atoms with Gasteiger partial charge in [-0.25, -0.2) is 8.78 Å². The number of aliphatic hydroxyl groups excluding tert-OH is 6. The molecule has 11 heteroatoms. The van der Waals surface area contributed by atoms with E-state index in [-0.39, 0.29) is 0 Å². The van der Waals surface area contributed by atoms with Crippen LogP contribution in [0.2, 0.25) is 0 Å². The zero-order valence-corrected chi connectivity index (χ0v) is 11.9. The standard InChI is InChI=1S/C12H20F2O9/c13-5-7(18)10(4(2-16)21-11(5)14)23-12-9(20)8(19)6(17)3(1-15)22-12/h3-12,15-20H,1-2H2. The van der Waals surface area contributed by atoms with Crippen LogP contribution >= 0.6 is 0 Å². The maximum Gasteiger partial charge on any atom is 0.233 e.